The third kappa shape index (κ3) is 3.39. The molecule has 0 radical (unpaired) electrons. The molecule has 5 rings (SSSR count). The first-order valence-corrected chi connectivity index (χ1v) is 10.7. The standard InChI is InChI=1S/C23H23ClN2O4/c24-17-4-1-2-5-19(17)26-14-16(13-22(26)27)23(28)25-9-3-6-18(25)15-7-8-20-21(12-15)30-11-10-29-20/h1-2,4-5,7-8,12,16,18H,3,6,9-11,13-14H2/t16-,18-/m0/s1. The van der Waals surface area contributed by atoms with Crippen molar-refractivity contribution in [1.29, 1.82) is 0 Å². The number of likely N-dealkylation sites (tertiary alicyclic amines) is 1. The molecule has 3 aliphatic rings. The normalized spacial score (nSPS) is 23.2. The van der Waals surface area contributed by atoms with E-state index >= 15 is 0 Å². The van der Waals surface area contributed by atoms with Gasteiger partial charge in [0.05, 0.1) is 22.7 Å². The molecule has 3 aliphatic heterocycles. The Balaban J connectivity index is 1.34. The van der Waals surface area contributed by atoms with Gasteiger partial charge in [0.25, 0.3) is 0 Å². The molecule has 0 unspecified atom stereocenters. The van der Waals surface area contributed by atoms with Crippen LogP contribution in [0.3, 0.4) is 0 Å². The lowest BCUT2D eigenvalue weighted by molar-refractivity contribution is -0.136. The van der Waals surface area contributed by atoms with Gasteiger partial charge in [0, 0.05) is 19.5 Å². The molecule has 156 valence electrons. The summed E-state index contributed by atoms with van der Waals surface area (Å²) in [5.74, 6) is 1.11. The van der Waals surface area contributed by atoms with Gasteiger partial charge in [-0.15, -0.1) is 0 Å². The summed E-state index contributed by atoms with van der Waals surface area (Å²) in [7, 11) is 0. The van der Waals surface area contributed by atoms with Crippen LogP contribution in [-0.2, 0) is 9.59 Å². The maximum Gasteiger partial charge on any atom is 0.228 e. The summed E-state index contributed by atoms with van der Waals surface area (Å²) in [5, 5.41) is 0.522. The number of para-hydroxylation sites is 1. The SMILES string of the molecule is O=C1C[C@H](C(=O)N2CCC[C@H]2c2ccc3c(c2)OCCO3)CN1c1ccccc1Cl. The molecule has 0 bridgehead atoms. The lowest BCUT2D eigenvalue weighted by atomic mass is 10.0. The number of anilines is 1. The molecule has 2 atom stereocenters. The Morgan fingerprint density at radius 3 is 2.70 bits per heavy atom. The molecule has 2 amide bonds. The van der Waals surface area contributed by atoms with Gasteiger partial charge in [-0.25, -0.2) is 0 Å². The van der Waals surface area contributed by atoms with Crippen LogP contribution < -0.4 is 14.4 Å². The molecule has 30 heavy (non-hydrogen) atoms. The molecule has 3 heterocycles. The summed E-state index contributed by atoms with van der Waals surface area (Å²) in [5.41, 5.74) is 1.72. The average molecular weight is 427 g/mol. The minimum atomic E-state index is -0.355. The van der Waals surface area contributed by atoms with E-state index in [0.29, 0.717) is 37.0 Å². The second-order valence-electron chi connectivity index (χ2n) is 7.95. The summed E-state index contributed by atoms with van der Waals surface area (Å²) >= 11 is 6.27. The van der Waals surface area contributed by atoms with Crippen molar-refractivity contribution in [3.05, 3.63) is 53.1 Å². The van der Waals surface area contributed by atoms with Crippen molar-refractivity contribution < 1.29 is 19.1 Å². The lowest BCUT2D eigenvalue weighted by Crippen LogP contribution is -2.37. The number of ether oxygens (including phenoxy) is 2. The first-order valence-electron chi connectivity index (χ1n) is 10.4. The molecule has 0 N–H and O–H groups in total. The molecule has 2 saturated heterocycles. The highest BCUT2D eigenvalue weighted by Gasteiger charge is 2.41. The molecule has 2 fully saturated rings. The summed E-state index contributed by atoms with van der Waals surface area (Å²) in [6, 6.07) is 13.2. The van der Waals surface area contributed by atoms with Crippen molar-refractivity contribution >= 4 is 29.1 Å². The second kappa shape index (κ2) is 7.84. The number of carbonyl (C=O) groups excluding carboxylic acids is 2. The van der Waals surface area contributed by atoms with Crippen molar-refractivity contribution in [2.75, 3.05) is 31.2 Å². The van der Waals surface area contributed by atoms with Gasteiger partial charge in [-0.05, 0) is 42.7 Å². The van der Waals surface area contributed by atoms with E-state index in [1.165, 1.54) is 0 Å². The Labute approximate surface area is 180 Å². The molecule has 2 aromatic rings. The number of rotatable bonds is 3. The summed E-state index contributed by atoms with van der Waals surface area (Å²) in [6.45, 7) is 2.16. The fourth-order valence-electron chi connectivity index (χ4n) is 4.66. The number of benzene rings is 2. The zero-order chi connectivity index (χ0) is 20.7. The van der Waals surface area contributed by atoms with Crippen LogP contribution in [0.2, 0.25) is 5.02 Å². The highest BCUT2D eigenvalue weighted by atomic mass is 35.5. The number of halogens is 1. The van der Waals surface area contributed by atoms with E-state index in [1.807, 2.05) is 41.3 Å². The number of hydrogen-bond donors (Lipinski definition) is 0. The monoisotopic (exact) mass is 426 g/mol. The van der Waals surface area contributed by atoms with Crippen molar-refractivity contribution in [2.24, 2.45) is 5.92 Å². The smallest absolute Gasteiger partial charge is 0.228 e. The third-order valence-electron chi connectivity index (χ3n) is 6.10. The van der Waals surface area contributed by atoms with Crippen molar-refractivity contribution in [3.8, 4) is 11.5 Å². The first kappa shape index (κ1) is 19.2. The fraction of sp³-hybridized carbons (Fsp3) is 0.391. The van der Waals surface area contributed by atoms with Crippen LogP contribution in [-0.4, -0.2) is 43.0 Å². The van der Waals surface area contributed by atoms with Gasteiger partial charge in [0.2, 0.25) is 11.8 Å². The minimum Gasteiger partial charge on any atom is -0.486 e. The van der Waals surface area contributed by atoms with Gasteiger partial charge in [-0.1, -0.05) is 29.8 Å². The van der Waals surface area contributed by atoms with E-state index in [2.05, 4.69) is 0 Å². The summed E-state index contributed by atoms with van der Waals surface area (Å²) in [4.78, 5) is 29.6. The fourth-order valence-corrected chi connectivity index (χ4v) is 4.89. The van der Waals surface area contributed by atoms with Gasteiger partial charge >= 0.3 is 0 Å². The second-order valence-corrected chi connectivity index (χ2v) is 8.36. The zero-order valence-corrected chi connectivity index (χ0v) is 17.3. The Bertz CT molecular complexity index is 995. The van der Waals surface area contributed by atoms with Crippen molar-refractivity contribution in [1.82, 2.24) is 4.90 Å². The quantitative estimate of drug-likeness (QED) is 0.748. The van der Waals surface area contributed by atoms with Crippen LogP contribution >= 0.6 is 11.6 Å². The topological polar surface area (TPSA) is 59.1 Å². The van der Waals surface area contributed by atoms with Gasteiger partial charge in [0.15, 0.2) is 11.5 Å². The van der Waals surface area contributed by atoms with E-state index < -0.39 is 0 Å². The lowest BCUT2D eigenvalue weighted by Gasteiger charge is -2.28. The van der Waals surface area contributed by atoms with Crippen LogP contribution in [0.1, 0.15) is 30.9 Å². The highest BCUT2D eigenvalue weighted by Crippen LogP contribution is 2.40. The van der Waals surface area contributed by atoms with E-state index in [4.69, 9.17) is 21.1 Å². The van der Waals surface area contributed by atoms with Gasteiger partial charge < -0.3 is 19.3 Å². The minimum absolute atomic E-state index is 0.00204. The predicted octanol–water partition coefficient (Wildman–Crippen LogP) is 3.83. The van der Waals surface area contributed by atoms with E-state index in [9.17, 15) is 9.59 Å². The van der Waals surface area contributed by atoms with Gasteiger partial charge in [-0.3, -0.25) is 9.59 Å². The van der Waals surface area contributed by atoms with Crippen LogP contribution in [0.5, 0.6) is 11.5 Å². The largest absolute Gasteiger partial charge is 0.486 e. The van der Waals surface area contributed by atoms with Crippen molar-refractivity contribution in [2.45, 2.75) is 25.3 Å². The molecule has 0 aliphatic carbocycles. The van der Waals surface area contributed by atoms with E-state index in [1.54, 1.807) is 11.0 Å². The summed E-state index contributed by atoms with van der Waals surface area (Å²) < 4.78 is 11.3. The maximum atomic E-state index is 13.4. The average Bonchev–Trinajstić information content (AvgIpc) is 3.40. The number of carbonyl (C=O) groups is 2. The Morgan fingerprint density at radius 1 is 1.07 bits per heavy atom. The van der Waals surface area contributed by atoms with Crippen LogP contribution in [0, 0.1) is 5.92 Å². The van der Waals surface area contributed by atoms with Crippen molar-refractivity contribution in [3.63, 3.8) is 0 Å². The molecular weight excluding hydrogens is 404 g/mol. The zero-order valence-electron chi connectivity index (χ0n) is 16.6. The van der Waals surface area contributed by atoms with Crippen LogP contribution in [0.25, 0.3) is 0 Å². The van der Waals surface area contributed by atoms with Crippen LogP contribution in [0.15, 0.2) is 42.5 Å². The molecule has 0 aromatic heterocycles. The van der Waals surface area contributed by atoms with Gasteiger partial charge in [-0.2, -0.15) is 0 Å². The highest BCUT2D eigenvalue weighted by molar-refractivity contribution is 6.33. The van der Waals surface area contributed by atoms with Crippen LogP contribution in [0.4, 0.5) is 5.69 Å². The number of hydrogen-bond acceptors (Lipinski definition) is 4. The summed E-state index contributed by atoms with van der Waals surface area (Å²) in [6.07, 6.45) is 2.06. The molecule has 2 aromatic carbocycles. The number of nitrogens with zero attached hydrogens (tertiary/aromatic N) is 2. The molecule has 6 nitrogen and oxygen atoms in total. The predicted molar refractivity (Wildman–Crippen MR) is 113 cm³/mol. The maximum absolute atomic E-state index is 13.4. The molecule has 0 saturated carbocycles. The Hall–Kier alpha value is -2.73. The van der Waals surface area contributed by atoms with Gasteiger partial charge in [0.1, 0.15) is 13.2 Å². The molecule has 0 spiro atoms. The molecule has 7 heteroatoms. The first-order chi connectivity index (χ1) is 14.6. The van der Waals surface area contributed by atoms with E-state index in [-0.39, 0.29) is 30.2 Å². The van der Waals surface area contributed by atoms with E-state index in [0.717, 1.165) is 29.9 Å². The third-order valence-corrected chi connectivity index (χ3v) is 6.42. The molecular formula is C23H23ClN2O4. The number of fused-ring (bicyclic) bond motifs is 1. The Morgan fingerprint density at radius 2 is 1.87 bits per heavy atom. The Kier molecular flexibility index (Phi) is 5.03. The number of amides is 2.